The van der Waals surface area contributed by atoms with Crippen LogP contribution in [0.1, 0.15) is 26.9 Å². The third kappa shape index (κ3) is 3.92. The molecule has 4 aromatic rings. The summed E-state index contributed by atoms with van der Waals surface area (Å²) < 4.78 is 6.21. The Morgan fingerprint density at radius 2 is 2.09 bits per heavy atom. The van der Waals surface area contributed by atoms with Crippen molar-refractivity contribution in [2.45, 2.75) is 12.6 Å². The van der Waals surface area contributed by atoms with Crippen molar-refractivity contribution in [2.75, 3.05) is 33.8 Å². The molecule has 32 heavy (non-hydrogen) atoms. The zero-order valence-electron chi connectivity index (χ0n) is 18.1. The van der Waals surface area contributed by atoms with E-state index >= 15 is 0 Å². The Morgan fingerprint density at radius 3 is 2.91 bits per heavy atom. The number of hydrogen-bond acceptors (Lipinski definition) is 6. The van der Waals surface area contributed by atoms with Crippen molar-refractivity contribution in [3.8, 4) is 11.3 Å². The molecule has 0 bridgehead atoms. The summed E-state index contributed by atoms with van der Waals surface area (Å²) in [5, 5.41) is 8.44. The molecular formula is C24H25N5O2S. The Labute approximate surface area is 190 Å². The fourth-order valence-electron chi connectivity index (χ4n) is 4.18. The highest BCUT2D eigenvalue weighted by atomic mass is 32.1. The van der Waals surface area contributed by atoms with Crippen LogP contribution >= 0.6 is 11.3 Å². The lowest BCUT2D eigenvalue weighted by Gasteiger charge is -2.33. The smallest absolute Gasteiger partial charge is 0.263 e. The van der Waals surface area contributed by atoms with Crippen LogP contribution in [0.25, 0.3) is 21.5 Å². The van der Waals surface area contributed by atoms with E-state index < -0.39 is 0 Å². The van der Waals surface area contributed by atoms with Crippen LogP contribution in [0.3, 0.4) is 0 Å². The van der Waals surface area contributed by atoms with Gasteiger partial charge in [-0.15, -0.1) is 11.3 Å². The number of pyridine rings is 1. The lowest BCUT2D eigenvalue weighted by atomic mass is 10.0. The zero-order chi connectivity index (χ0) is 22.1. The van der Waals surface area contributed by atoms with Crippen molar-refractivity contribution in [1.29, 1.82) is 0 Å². The number of ether oxygens (including phenoxy) is 1. The molecule has 1 aliphatic heterocycles. The van der Waals surface area contributed by atoms with Gasteiger partial charge in [-0.05, 0) is 11.6 Å². The van der Waals surface area contributed by atoms with Crippen LogP contribution in [0.15, 0.2) is 54.9 Å². The van der Waals surface area contributed by atoms with Crippen molar-refractivity contribution < 1.29 is 9.53 Å². The first-order chi connectivity index (χ1) is 15.6. The number of morpholine rings is 1. The van der Waals surface area contributed by atoms with E-state index in [1.54, 1.807) is 25.2 Å². The van der Waals surface area contributed by atoms with Gasteiger partial charge in [-0.2, -0.15) is 5.10 Å². The van der Waals surface area contributed by atoms with Gasteiger partial charge in [0.05, 0.1) is 24.6 Å². The Bertz CT molecular complexity index is 1230. The standard InChI is InChI=1S/C24H25N5O2S/c1-28(2)24(30)22-20(18-9-6-10-25-23(18)32-22)19-15-29(11-12-31-19)14-17-13-26-27-21(17)16-7-4-3-5-8-16/h3-10,13,19H,11-12,14-15H2,1-2H3,(H,26,27)/t19-/m0/s1. The van der Waals surface area contributed by atoms with E-state index in [0.29, 0.717) is 18.0 Å². The Balaban J connectivity index is 1.43. The van der Waals surface area contributed by atoms with Crippen LogP contribution < -0.4 is 0 Å². The van der Waals surface area contributed by atoms with Gasteiger partial charge in [0.2, 0.25) is 0 Å². The first-order valence-corrected chi connectivity index (χ1v) is 11.4. The summed E-state index contributed by atoms with van der Waals surface area (Å²) >= 11 is 1.44. The number of aromatic amines is 1. The fraction of sp³-hybridized carbons (Fsp3) is 0.292. The van der Waals surface area contributed by atoms with E-state index in [1.807, 2.05) is 36.5 Å². The summed E-state index contributed by atoms with van der Waals surface area (Å²) in [7, 11) is 3.56. The summed E-state index contributed by atoms with van der Waals surface area (Å²) in [4.78, 5) is 23.0. The number of benzene rings is 1. The largest absolute Gasteiger partial charge is 0.371 e. The van der Waals surface area contributed by atoms with E-state index in [1.165, 1.54) is 11.3 Å². The molecule has 164 valence electrons. The molecule has 1 saturated heterocycles. The lowest BCUT2D eigenvalue weighted by Crippen LogP contribution is -2.38. The highest BCUT2D eigenvalue weighted by molar-refractivity contribution is 7.20. The number of carbonyl (C=O) groups excluding carboxylic acids is 1. The van der Waals surface area contributed by atoms with E-state index in [4.69, 9.17) is 4.74 Å². The van der Waals surface area contributed by atoms with Gasteiger partial charge in [0.1, 0.15) is 9.71 Å². The fourth-order valence-corrected chi connectivity index (χ4v) is 5.40. The number of fused-ring (bicyclic) bond motifs is 1. The molecule has 1 N–H and O–H groups in total. The van der Waals surface area contributed by atoms with E-state index in [9.17, 15) is 4.79 Å². The van der Waals surface area contributed by atoms with Crippen LogP contribution in [0.4, 0.5) is 0 Å². The number of carbonyl (C=O) groups is 1. The molecule has 1 aliphatic rings. The quantitative estimate of drug-likeness (QED) is 0.501. The van der Waals surface area contributed by atoms with Crippen LogP contribution in [-0.2, 0) is 11.3 Å². The van der Waals surface area contributed by atoms with E-state index in [0.717, 1.165) is 45.7 Å². The number of nitrogens with zero attached hydrogens (tertiary/aromatic N) is 4. The molecule has 0 aliphatic carbocycles. The minimum absolute atomic E-state index is 0.00933. The van der Waals surface area contributed by atoms with Crippen molar-refractivity contribution in [3.05, 3.63) is 70.9 Å². The molecule has 4 heterocycles. The number of rotatable bonds is 5. The van der Waals surface area contributed by atoms with Crippen LogP contribution in [0.5, 0.6) is 0 Å². The highest BCUT2D eigenvalue weighted by Gasteiger charge is 2.31. The minimum Gasteiger partial charge on any atom is -0.371 e. The number of amides is 1. The number of nitrogens with one attached hydrogen (secondary N) is 1. The molecule has 3 aromatic heterocycles. The second-order valence-electron chi connectivity index (χ2n) is 8.13. The van der Waals surface area contributed by atoms with Gasteiger partial charge < -0.3 is 9.64 Å². The van der Waals surface area contributed by atoms with Crippen LogP contribution in [0.2, 0.25) is 0 Å². The van der Waals surface area contributed by atoms with Gasteiger partial charge in [0.15, 0.2) is 0 Å². The summed E-state index contributed by atoms with van der Waals surface area (Å²) in [5.41, 5.74) is 4.27. The summed E-state index contributed by atoms with van der Waals surface area (Å²) in [6, 6.07) is 14.2. The maximum absolute atomic E-state index is 12.9. The third-order valence-electron chi connectivity index (χ3n) is 5.75. The van der Waals surface area contributed by atoms with E-state index in [-0.39, 0.29) is 12.0 Å². The van der Waals surface area contributed by atoms with Crippen molar-refractivity contribution in [3.63, 3.8) is 0 Å². The van der Waals surface area contributed by atoms with Crippen molar-refractivity contribution >= 4 is 27.5 Å². The maximum atomic E-state index is 12.9. The highest BCUT2D eigenvalue weighted by Crippen LogP contribution is 2.38. The Hall–Kier alpha value is -3.07. The molecule has 7 nitrogen and oxygen atoms in total. The molecule has 0 radical (unpaired) electrons. The molecule has 1 amide bonds. The molecule has 1 atom stereocenters. The van der Waals surface area contributed by atoms with Crippen LogP contribution in [0, 0.1) is 0 Å². The predicted molar refractivity (Wildman–Crippen MR) is 126 cm³/mol. The minimum atomic E-state index is -0.187. The van der Waals surface area contributed by atoms with Gasteiger partial charge in [0.25, 0.3) is 5.91 Å². The van der Waals surface area contributed by atoms with Gasteiger partial charge in [-0.1, -0.05) is 36.4 Å². The van der Waals surface area contributed by atoms with Gasteiger partial charge in [-0.3, -0.25) is 14.8 Å². The molecule has 1 aromatic carbocycles. The van der Waals surface area contributed by atoms with Gasteiger partial charge in [0, 0.05) is 56.4 Å². The topological polar surface area (TPSA) is 74.4 Å². The Morgan fingerprint density at radius 1 is 1.25 bits per heavy atom. The molecule has 8 heteroatoms. The SMILES string of the molecule is CN(C)C(=O)c1sc2ncccc2c1[C@@H]1CN(Cc2cn[nH]c2-c2ccccc2)CCO1. The average Bonchev–Trinajstić information content (AvgIpc) is 3.44. The number of hydrogen-bond donors (Lipinski definition) is 1. The number of thiophene rings is 1. The summed E-state index contributed by atoms with van der Waals surface area (Å²) in [5.74, 6) is -0.00933. The molecule has 1 fully saturated rings. The normalized spacial score (nSPS) is 17.0. The molecule has 5 rings (SSSR count). The number of H-pyrrole nitrogens is 1. The molecule has 0 saturated carbocycles. The second kappa shape index (κ2) is 8.82. The predicted octanol–water partition coefficient (Wildman–Crippen LogP) is 3.96. The Kier molecular flexibility index (Phi) is 5.73. The van der Waals surface area contributed by atoms with Crippen molar-refractivity contribution in [2.24, 2.45) is 0 Å². The van der Waals surface area contributed by atoms with Crippen LogP contribution in [-0.4, -0.2) is 64.7 Å². The second-order valence-corrected chi connectivity index (χ2v) is 9.13. The maximum Gasteiger partial charge on any atom is 0.263 e. The van der Waals surface area contributed by atoms with Crippen molar-refractivity contribution in [1.82, 2.24) is 25.0 Å². The summed E-state index contributed by atoms with van der Waals surface area (Å²) in [6.07, 6.45) is 3.48. The average molecular weight is 448 g/mol. The first-order valence-electron chi connectivity index (χ1n) is 10.6. The number of aromatic nitrogens is 3. The van der Waals surface area contributed by atoms with Gasteiger partial charge >= 0.3 is 0 Å². The summed E-state index contributed by atoms with van der Waals surface area (Å²) in [6.45, 7) is 2.90. The molecule has 0 unspecified atom stereocenters. The zero-order valence-corrected chi connectivity index (χ0v) is 18.9. The first kappa shape index (κ1) is 20.8. The molecular weight excluding hydrogens is 422 g/mol. The third-order valence-corrected chi connectivity index (χ3v) is 6.87. The molecule has 0 spiro atoms. The van der Waals surface area contributed by atoms with Gasteiger partial charge in [-0.25, -0.2) is 4.98 Å². The monoisotopic (exact) mass is 447 g/mol. The lowest BCUT2D eigenvalue weighted by molar-refractivity contribution is -0.0323. The van der Waals surface area contributed by atoms with E-state index in [2.05, 4.69) is 32.2 Å².